The molecule has 0 fully saturated rings. The van der Waals surface area contributed by atoms with E-state index < -0.39 is 5.82 Å². The first-order valence-electron chi connectivity index (χ1n) is 10.00. The van der Waals surface area contributed by atoms with E-state index in [0.717, 1.165) is 29.4 Å². The van der Waals surface area contributed by atoms with Crippen molar-refractivity contribution >= 4 is 44.2 Å². The maximum atomic E-state index is 13.5. The molecule has 0 aliphatic rings. The summed E-state index contributed by atoms with van der Waals surface area (Å²) in [7, 11) is 0. The minimum atomic E-state index is -0.479. The number of fused-ring (bicyclic) bond motifs is 1. The Labute approximate surface area is 185 Å². The highest BCUT2D eigenvalue weighted by atomic mass is 35.5. The van der Waals surface area contributed by atoms with Gasteiger partial charge in [-0.2, -0.15) is 0 Å². The third-order valence-electron chi connectivity index (χ3n) is 4.84. The number of anilines is 1. The zero-order valence-electron chi connectivity index (χ0n) is 17.3. The van der Waals surface area contributed by atoms with E-state index in [4.69, 9.17) is 21.3 Å². The molecule has 1 amide bonds. The average molecular weight is 450 g/mol. The summed E-state index contributed by atoms with van der Waals surface area (Å²) >= 11 is 7.61. The van der Waals surface area contributed by atoms with Crippen molar-refractivity contribution in [3.63, 3.8) is 0 Å². The lowest BCUT2D eigenvalue weighted by atomic mass is 10.2. The lowest BCUT2D eigenvalue weighted by Gasteiger charge is -2.25. The van der Waals surface area contributed by atoms with Crippen molar-refractivity contribution in [2.24, 2.45) is 0 Å². The van der Waals surface area contributed by atoms with Crippen molar-refractivity contribution < 1.29 is 13.9 Å². The number of amides is 1. The minimum absolute atomic E-state index is 0.0870. The summed E-state index contributed by atoms with van der Waals surface area (Å²) in [6.45, 7) is 9.50. The Bertz CT molecular complexity index is 1020. The maximum Gasteiger partial charge on any atom is 0.261 e. The quantitative estimate of drug-likeness (QED) is 0.434. The van der Waals surface area contributed by atoms with Gasteiger partial charge in [0.2, 0.25) is 0 Å². The van der Waals surface area contributed by atoms with Crippen LogP contribution in [0.3, 0.4) is 0 Å². The first-order valence-corrected chi connectivity index (χ1v) is 11.2. The number of carbonyl (C=O) groups excluding carboxylic acids is 1. The number of likely N-dealkylation sites (N-methyl/N-ethyl adjacent to an activating group) is 1. The van der Waals surface area contributed by atoms with Crippen molar-refractivity contribution in [3.8, 4) is 5.75 Å². The summed E-state index contributed by atoms with van der Waals surface area (Å²) in [5, 5.41) is 0.652. The van der Waals surface area contributed by atoms with Crippen molar-refractivity contribution in [1.82, 2.24) is 9.88 Å². The van der Waals surface area contributed by atoms with Gasteiger partial charge in [-0.25, -0.2) is 9.37 Å². The molecule has 0 aliphatic carbocycles. The van der Waals surface area contributed by atoms with Crippen LogP contribution >= 0.6 is 22.9 Å². The Balaban J connectivity index is 2.01. The number of hydrogen-bond acceptors (Lipinski definition) is 5. The number of aromatic nitrogens is 1. The Morgan fingerprint density at radius 3 is 2.60 bits per heavy atom. The lowest BCUT2D eigenvalue weighted by molar-refractivity contribution is 0.0984. The Kier molecular flexibility index (Phi) is 7.64. The summed E-state index contributed by atoms with van der Waals surface area (Å²) in [6.07, 6.45) is 0. The second-order valence-corrected chi connectivity index (χ2v) is 8.06. The predicted molar refractivity (Wildman–Crippen MR) is 122 cm³/mol. The van der Waals surface area contributed by atoms with E-state index in [1.165, 1.54) is 23.5 Å². The second kappa shape index (κ2) is 10.2. The van der Waals surface area contributed by atoms with Crippen molar-refractivity contribution in [3.05, 3.63) is 52.8 Å². The molecule has 0 atom stereocenters. The van der Waals surface area contributed by atoms with Crippen molar-refractivity contribution in [2.75, 3.05) is 37.7 Å². The van der Waals surface area contributed by atoms with Gasteiger partial charge in [0.1, 0.15) is 17.1 Å². The van der Waals surface area contributed by atoms with E-state index >= 15 is 0 Å². The zero-order chi connectivity index (χ0) is 21.7. The highest BCUT2D eigenvalue weighted by Crippen LogP contribution is 2.35. The van der Waals surface area contributed by atoms with Crippen LogP contribution in [0.1, 0.15) is 31.1 Å². The zero-order valence-corrected chi connectivity index (χ0v) is 18.9. The van der Waals surface area contributed by atoms with Crippen LogP contribution in [-0.2, 0) is 0 Å². The minimum Gasteiger partial charge on any atom is -0.492 e. The van der Waals surface area contributed by atoms with Gasteiger partial charge in [0, 0.05) is 13.1 Å². The number of rotatable bonds is 9. The number of hydrogen-bond donors (Lipinski definition) is 0. The third kappa shape index (κ3) is 4.91. The average Bonchev–Trinajstić information content (AvgIpc) is 3.16. The summed E-state index contributed by atoms with van der Waals surface area (Å²) < 4.78 is 20.1. The normalized spacial score (nSPS) is 11.3. The molecule has 2 aromatic carbocycles. The van der Waals surface area contributed by atoms with Crippen LogP contribution in [0, 0.1) is 5.82 Å². The van der Waals surface area contributed by atoms with Crippen LogP contribution in [0.15, 0.2) is 36.4 Å². The molecule has 0 saturated carbocycles. The van der Waals surface area contributed by atoms with Gasteiger partial charge in [-0.15, -0.1) is 0 Å². The van der Waals surface area contributed by atoms with Crippen molar-refractivity contribution in [2.45, 2.75) is 20.8 Å². The molecule has 0 spiro atoms. The molecule has 8 heteroatoms. The van der Waals surface area contributed by atoms with Crippen LogP contribution < -0.4 is 9.64 Å². The van der Waals surface area contributed by atoms with Gasteiger partial charge in [0.15, 0.2) is 5.13 Å². The molecule has 1 heterocycles. The van der Waals surface area contributed by atoms with E-state index in [1.807, 2.05) is 25.1 Å². The van der Waals surface area contributed by atoms with Crippen LogP contribution in [-0.4, -0.2) is 48.6 Å². The first kappa shape index (κ1) is 22.5. The molecule has 5 nitrogen and oxygen atoms in total. The summed E-state index contributed by atoms with van der Waals surface area (Å²) in [5.74, 6) is -0.0924. The number of nitrogens with zero attached hydrogens (tertiary/aromatic N) is 3. The van der Waals surface area contributed by atoms with Gasteiger partial charge < -0.3 is 9.64 Å². The van der Waals surface area contributed by atoms with E-state index in [0.29, 0.717) is 30.6 Å². The summed E-state index contributed by atoms with van der Waals surface area (Å²) in [6, 6.07) is 9.55. The number of para-hydroxylation sites is 1. The highest BCUT2D eigenvalue weighted by molar-refractivity contribution is 7.22. The molecule has 1 aromatic heterocycles. The van der Waals surface area contributed by atoms with Crippen LogP contribution in [0.4, 0.5) is 9.52 Å². The molecular weight excluding hydrogens is 425 g/mol. The van der Waals surface area contributed by atoms with Gasteiger partial charge >= 0.3 is 0 Å². The molecule has 3 rings (SSSR count). The van der Waals surface area contributed by atoms with Gasteiger partial charge in [-0.1, -0.05) is 42.9 Å². The van der Waals surface area contributed by atoms with Crippen LogP contribution in [0.5, 0.6) is 5.75 Å². The highest BCUT2D eigenvalue weighted by Gasteiger charge is 2.24. The van der Waals surface area contributed by atoms with Gasteiger partial charge in [-0.05, 0) is 50.3 Å². The van der Waals surface area contributed by atoms with E-state index in [-0.39, 0.29) is 16.5 Å². The number of thiazole rings is 1. The van der Waals surface area contributed by atoms with Gasteiger partial charge in [0.25, 0.3) is 5.91 Å². The molecule has 0 N–H and O–H groups in total. The second-order valence-electron chi connectivity index (χ2n) is 6.64. The molecule has 160 valence electrons. The molecule has 0 unspecified atom stereocenters. The smallest absolute Gasteiger partial charge is 0.261 e. The Hall–Kier alpha value is -2.22. The first-order chi connectivity index (χ1) is 14.5. The number of halogens is 2. The molecule has 3 aromatic rings. The predicted octanol–water partition coefficient (Wildman–Crippen LogP) is 5.48. The number of ether oxygens (including phenoxy) is 1. The molecule has 0 saturated heterocycles. The number of benzene rings is 2. The molecule has 0 radical (unpaired) electrons. The Morgan fingerprint density at radius 1 is 1.17 bits per heavy atom. The van der Waals surface area contributed by atoms with Gasteiger partial charge in [0.05, 0.1) is 21.9 Å². The van der Waals surface area contributed by atoms with E-state index in [1.54, 1.807) is 4.90 Å². The topological polar surface area (TPSA) is 45.7 Å². The fourth-order valence-electron chi connectivity index (χ4n) is 3.17. The summed E-state index contributed by atoms with van der Waals surface area (Å²) in [4.78, 5) is 22.0. The monoisotopic (exact) mass is 449 g/mol. The number of carbonyl (C=O) groups is 1. The maximum absolute atomic E-state index is 13.5. The largest absolute Gasteiger partial charge is 0.492 e. The lowest BCUT2D eigenvalue weighted by Crippen LogP contribution is -2.39. The van der Waals surface area contributed by atoms with Crippen LogP contribution in [0.2, 0.25) is 5.02 Å². The van der Waals surface area contributed by atoms with Crippen molar-refractivity contribution in [1.29, 1.82) is 0 Å². The third-order valence-corrected chi connectivity index (χ3v) is 6.20. The standard InChI is InChI=1S/C22H25ClFN3O2S/c1-4-26(5-2)12-13-27(21(28)16-11-10-15(24)14-17(16)23)22-25-20-18(29-6-3)8-7-9-19(20)30-22/h7-11,14H,4-6,12-13H2,1-3H3. The van der Waals surface area contributed by atoms with E-state index in [2.05, 4.69) is 18.7 Å². The van der Waals surface area contributed by atoms with Gasteiger partial charge in [-0.3, -0.25) is 9.69 Å². The molecule has 0 aliphatic heterocycles. The molecule has 30 heavy (non-hydrogen) atoms. The fraction of sp³-hybridized carbons (Fsp3) is 0.364. The Morgan fingerprint density at radius 2 is 1.93 bits per heavy atom. The molecule has 0 bridgehead atoms. The fourth-order valence-corrected chi connectivity index (χ4v) is 4.43. The van der Waals surface area contributed by atoms with E-state index in [9.17, 15) is 9.18 Å². The van der Waals surface area contributed by atoms with Crippen LogP contribution in [0.25, 0.3) is 10.2 Å². The SMILES string of the molecule is CCOc1cccc2sc(N(CCN(CC)CC)C(=O)c3ccc(F)cc3Cl)nc12. The molecular formula is C22H25ClFN3O2S. The summed E-state index contributed by atoms with van der Waals surface area (Å²) in [5.41, 5.74) is 0.979.